The largest absolute Gasteiger partial charge is 0.478 e. The Bertz CT molecular complexity index is 713. The van der Waals surface area contributed by atoms with Crippen molar-refractivity contribution >= 4 is 27.3 Å². The summed E-state index contributed by atoms with van der Waals surface area (Å²) in [5, 5.41) is 22.0. The van der Waals surface area contributed by atoms with Gasteiger partial charge in [0.15, 0.2) is 0 Å². The van der Waals surface area contributed by atoms with Crippen molar-refractivity contribution in [3.8, 4) is 0 Å². The van der Waals surface area contributed by atoms with Crippen LogP contribution in [0.4, 0.5) is 0 Å². The van der Waals surface area contributed by atoms with Crippen LogP contribution < -0.4 is 5.32 Å². The molecule has 0 unspecified atom stereocenters. The maximum atomic E-state index is 13.0. The zero-order valence-corrected chi connectivity index (χ0v) is 14.3. The quantitative estimate of drug-likeness (QED) is 0.721. The third kappa shape index (κ3) is 3.03. The summed E-state index contributed by atoms with van der Waals surface area (Å²) >= 11 is 1.06. The molecule has 0 bridgehead atoms. The van der Waals surface area contributed by atoms with E-state index in [1.165, 1.54) is 4.31 Å². The predicted molar refractivity (Wildman–Crippen MR) is 85.3 cm³/mol. The van der Waals surface area contributed by atoms with Gasteiger partial charge in [0, 0.05) is 31.1 Å². The summed E-state index contributed by atoms with van der Waals surface area (Å²) in [6.45, 7) is 1.73. The highest BCUT2D eigenvalue weighted by atomic mass is 32.2. The second kappa shape index (κ2) is 6.48. The first kappa shape index (κ1) is 16.8. The first-order valence-electron chi connectivity index (χ1n) is 7.64. The summed E-state index contributed by atoms with van der Waals surface area (Å²) in [6.07, 6.45) is 2.00. The fourth-order valence-corrected chi connectivity index (χ4v) is 6.78. The molecule has 0 spiro atoms. The Hall–Kier alpha value is -1.00. The van der Waals surface area contributed by atoms with Crippen LogP contribution in [-0.4, -0.2) is 55.1 Å². The van der Waals surface area contributed by atoms with Gasteiger partial charge < -0.3 is 15.5 Å². The van der Waals surface area contributed by atoms with Crippen molar-refractivity contribution in [2.24, 2.45) is 5.92 Å². The number of rotatable bonds is 4. The van der Waals surface area contributed by atoms with Crippen molar-refractivity contribution in [1.29, 1.82) is 0 Å². The fourth-order valence-electron chi connectivity index (χ4n) is 3.22. The Kier molecular flexibility index (Phi) is 4.75. The third-order valence-corrected chi connectivity index (χ3v) is 8.02. The van der Waals surface area contributed by atoms with Gasteiger partial charge in [-0.1, -0.05) is 0 Å². The summed E-state index contributed by atoms with van der Waals surface area (Å²) in [5.74, 6) is -1.26. The minimum atomic E-state index is -3.84. The molecule has 128 valence electrons. The maximum absolute atomic E-state index is 13.0. The van der Waals surface area contributed by atoms with Gasteiger partial charge in [-0.25, -0.2) is 13.2 Å². The number of fused-ring (bicyclic) bond motifs is 1. The number of aliphatic hydroxyl groups is 1. The lowest BCUT2D eigenvalue weighted by Crippen LogP contribution is -2.41. The fraction of sp³-hybridized carbons (Fsp3) is 0.643. The number of thiophene rings is 1. The minimum Gasteiger partial charge on any atom is -0.478 e. The highest BCUT2D eigenvalue weighted by Gasteiger charge is 2.37. The number of sulfonamides is 1. The molecule has 0 radical (unpaired) electrons. The molecule has 3 heterocycles. The van der Waals surface area contributed by atoms with E-state index in [1.54, 1.807) is 0 Å². The number of nitrogens with one attached hydrogen (secondary N) is 1. The number of aliphatic hydroxyl groups excluding tert-OH is 1. The van der Waals surface area contributed by atoms with Gasteiger partial charge in [0.1, 0.15) is 4.21 Å². The smallest absolute Gasteiger partial charge is 0.338 e. The lowest BCUT2D eigenvalue weighted by atomic mass is 10.0. The molecule has 0 amide bonds. The van der Waals surface area contributed by atoms with Gasteiger partial charge >= 0.3 is 5.97 Å². The highest BCUT2D eigenvalue weighted by Crippen LogP contribution is 2.37. The van der Waals surface area contributed by atoms with Crippen LogP contribution in [0.25, 0.3) is 0 Å². The van der Waals surface area contributed by atoms with Gasteiger partial charge in [0.25, 0.3) is 10.0 Å². The van der Waals surface area contributed by atoms with Crippen LogP contribution in [0.5, 0.6) is 0 Å². The first-order valence-corrected chi connectivity index (χ1v) is 9.90. The van der Waals surface area contributed by atoms with Crippen molar-refractivity contribution < 1.29 is 23.4 Å². The monoisotopic (exact) mass is 360 g/mol. The number of piperidine rings is 1. The molecule has 1 atom stereocenters. The molecule has 3 N–H and O–H groups in total. The average Bonchev–Trinajstić information content (AvgIpc) is 2.95. The number of hydrogen-bond acceptors (Lipinski definition) is 6. The van der Waals surface area contributed by atoms with Crippen LogP contribution in [0.3, 0.4) is 0 Å². The highest BCUT2D eigenvalue weighted by molar-refractivity contribution is 7.91. The normalized spacial score (nSPS) is 22.7. The zero-order chi connectivity index (χ0) is 16.6. The van der Waals surface area contributed by atoms with Crippen LogP contribution in [0.1, 0.15) is 33.6 Å². The van der Waals surface area contributed by atoms with Gasteiger partial charge in [-0.05, 0) is 37.3 Å². The Morgan fingerprint density at radius 1 is 1.43 bits per heavy atom. The molecule has 1 aromatic heterocycles. The molecule has 23 heavy (non-hydrogen) atoms. The molecule has 3 rings (SSSR count). The van der Waals surface area contributed by atoms with E-state index < -0.39 is 16.0 Å². The van der Waals surface area contributed by atoms with Crippen molar-refractivity contribution in [3.63, 3.8) is 0 Å². The lowest BCUT2D eigenvalue weighted by Gasteiger charge is -2.30. The van der Waals surface area contributed by atoms with E-state index in [9.17, 15) is 23.4 Å². The molecule has 2 aliphatic heterocycles. The Morgan fingerprint density at radius 2 is 2.22 bits per heavy atom. The van der Waals surface area contributed by atoms with Crippen molar-refractivity contribution in [1.82, 2.24) is 9.62 Å². The van der Waals surface area contributed by atoms with E-state index in [2.05, 4.69) is 5.32 Å². The molecule has 1 saturated heterocycles. The molecule has 0 saturated carbocycles. The van der Waals surface area contributed by atoms with E-state index >= 15 is 0 Å². The van der Waals surface area contributed by atoms with E-state index in [1.807, 2.05) is 0 Å². The molecule has 1 fully saturated rings. The molecular weight excluding hydrogens is 340 g/mol. The van der Waals surface area contributed by atoms with Gasteiger partial charge in [-0.15, -0.1) is 11.3 Å². The summed E-state index contributed by atoms with van der Waals surface area (Å²) < 4.78 is 27.2. The van der Waals surface area contributed by atoms with Crippen LogP contribution >= 0.6 is 11.3 Å². The lowest BCUT2D eigenvalue weighted by molar-refractivity contribution is 0.0692. The van der Waals surface area contributed by atoms with Crippen LogP contribution in [-0.2, 0) is 23.0 Å². The number of hydrogen-bond donors (Lipinski definition) is 3. The van der Waals surface area contributed by atoms with E-state index in [0.29, 0.717) is 38.0 Å². The van der Waals surface area contributed by atoms with Gasteiger partial charge in [-0.2, -0.15) is 4.31 Å². The number of carbonyl (C=O) groups is 1. The Labute approximate surface area is 139 Å². The maximum Gasteiger partial charge on any atom is 0.338 e. The summed E-state index contributed by atoms with van der Waals surface area (Å²) in [4.78, 5) is 12.5. The Balaban J connectivity index is 2.03. The summed E-state index contributed by atoms with van der Waals surface area (Å²) in [5.41, 5.74) is 0.591. The number of carboxylic acid groups (broad SMARTS) is 1. The number of aromatic carboxylic acids is 1. The van der Waals surface area contributed by atoms with Gasteiger partial charge in [0.2, 0.25) is 0 Å². The van der Waals surface area contributed by atoms with E-state index in [4.69, 9.17) is 0 Å². The van der Waals surface area contributed by atoms with Crippen molar-refractivity contribution in [2.45, 2.75) is 30.0 Å². The standard InChI is InChI=1S/C14H20N2O5S2/c17-8-9-2-1-5-16(7-9)23(20,21)14-12(13(18)19)10-3-4-15-6-11(10)22-14/h9,15,17H,1-8H2,(H,18,19)/t9-/m1/s1. The van der Waals surface area contributed by atoms with Crippen LogP contribution in [0.2, 0.25) is 0 Å². The third-order valence-electron chi connectivity index (χ3n) is 4.42. The van der Waals surface area contributed by atoms with Gasteiger partial charge in [-0.3, -0.25) is 0 Å². The number of carboxylic acids is 1. The molecule has 2 aliphatic rings. The van der Waals surface area contributed by atoms with Crippen LogP contribution in [0.15, 0.2) is 4.21 Å². The second-order valence-corrected chi connectivity index (χ2v) is 9.19. The van der Waals surface area contributed by atoms with Crippen molar-refractivity contribution in [3.05, 3.63) is 16.0 Å². The molecule has 0 aliphatic carbocycles. The molecule has 7 nitrogen and oxygen atoms in total. The minimum absolute atomic E-state index is 0.0529. The Morgan fingerprint density at radius 3 is 2.91 bits per heavy atom. The molecule has 9 heteroatoms. The molecular formula is C14H20N2O5S2. The van der Waals surface area contributed by atoms with Gasteiger partial charge in [0.05, 0.1) is 5.56 Å². The van der Waals surface area contributed by atoms with E-state index in [-0.39, 0.29) is 28.8 Å². The summed E-state index contributed by atoms with van der Waals surface area (Å²) in [6, 6.07) is 0. The zero-order valence-electron chi connectivity index (χ0n) is 12.6. The van der Waals surface area contributed by atoms with Crippen LogP contribution in [0, 0.1) is 5.92 Å². The second-order valence-electron chi connectivity index (χ2n) is 5.95. The SMILES string of the molecule is O=C(O)c1c(S(=O)(=O)N2CCC[C@@H](CO)C2)sc2c1CCNC2. The average molecular weight is 360 g/mol. The summed E-state index contributed by atoms with van der Waals surface area (Å²) in [7, 11) is -3.84. The number of nitrogens with zero attached hydrogens (tertiary/aromatic N) is 1. The van der Waals surface area contributed by atoms with Crippen molar-refractivity contribution in [2.75, 3.05) is 26.2 Å². The molecule has 0 aromatic carbocycles. The first-order chi connectivity index (χ1) is 10.9. The molecule has 1 aromatic rings. The van der Waals surface area contributed by atoms with E-state index in [0.717, 1.165) is 22.6 Å². The topological polar surface area (TPSA) is 107 Å². The predicted octanol–water partition coefficient (Wildman–Crippen LogP) is 0.485.